The Hall–Kier alpha value is -2.29. The first-order chi connectivity index (χ1) is 10.0. The molecule has 1 N–H and O–H groups in total. The van der Waals surface area contributed by atoms with Crippen molar-refractivity contribution in [1.82, 2.24) is 9.97 Å². The Morgan fingerprint density at radius 1 is 0.952 bits per heavy atom. The van der Waals surface area contributed by atoms with Crippen molar-refractivity contribution < 1.29 is 4.74 Å². The third-order valence-corrected chi connectivity index (χ3v) is 3.55. The van der Waals surface area contributed by atoms with Crippen LogP contribution in [0.3, 0.4) is 0 Å². The molecule has 3 rings (SSSR count). The maximum atomic E-state index is 6.03. The van der Waals surface area contributed by atoms with Gasteiger partial charge in [-0.05, 0) is 68.7 Å². The molecule has 1 aromatic heterocycles. The molecular formula is C18H20N2O. The molecular weight excluding hydrogens is 260 g/mol. The number of aromatic amines is 1. The Balaban J connectivity index is 1.87. The molecule has 2 aromatic carbocycles. The zero-order valence-electron chi connectivity index (χ0n) is 12.9. The topological polar surface area (TPSA) is 37.9 Å². The molecule has 0 amide bonds. The predicted octanol–water partition coefficient (Wildman–Crippen LogP) is 4.63. The molecule has 0 fully saturated rings. The average molecular weight is 280 g/mol. The summed E-state index contributed by atoms with van der Waals surface area (Å²) in [5.41, 5.74) is 5.67. The molecule has 1 atom stereocenters. The van der Waals surface area contributed by atoms with Crippen LogP contribution in [0.5, 0.6) is 5.75 Å². The molecule has 0 bridgehead atoms. The van der Waals surface area contributed by atoms with Crippen molar-refractivity contribution in [2.75, 3.05) is 0 Å². The second-order valence-electron chi connectivity index (χ2n) is 5.73. The molecule has 3 nitrogen and oxygen atoms in total. The first-order valence-electron chi connectivity index (χ1n) is 7.22. The highest BCUT2D eigenvalue weighted by molar-refractivity contribution is 5.75. The lowest BCUT2D eigenvalue weighted by atomic mass is 10.1. The lowest BCUT2D eigenvalue weighted by molar-refractivity contribution is 0.218. The normalized spacial score (nSPS) is 12.6. The average Bonchev–Trinajstić information content (AvgIpc) is 2.80. The number of hydrogen-bond donors (Lipinski definition) is 1. The minimum Gasteiger partial charge on any atom is -0.483 e. The van der Waals surface area contributed by atoms with E-state index < -0.39 is 0 Å². The number of ether oxygens (including phenoxy) is 1. The summed E-state index contributed by atoms with van der Waals surface area (Å²) in [6.45, 7) is 8.25. The number of hydrogen-bond acceptors (Lipinski definition) is 2. The Labute approximate surface area is 125 Å². The van der Waals surface area contributed by atoms with Crippen LogP contribution in [0.25, 0.3) is 11.0 Å². The zero-order valence-corrected chi connectivity index (χ0v) is 12.9. The van der Waals surface area contributed by atoms with Crippen LogP contribution in [0.1, 0.15) is 35.5 Å². The van der Waals surface area contributed by atoms with Crippen LogP contribution in [-0.4, -0.2) is 9.97 Å². The van der Waals surface area contributed by atoms with Crippen molar-refractivity contribution in [2.45, 2.75) is 33.8 Å². The molecule has 3 heteroatoms. The van der Waals surface area contributed by atoms with Gasteiger partial charge in [-0.1, -0.05) is 12.1 Å². The summed E-state index contributed by atoms with van der Waals surface area (Å²) in [6.07, 6.45) is -0.112. The van der Waals surface area contributed by atoms with Gasteiger partial charge < -0.3 is 9.72 Å². The summed E-state index contributed by atoms with van der Waals surface area (Å²) in [7, 11) is 0. The Bertz CT molecular complexity index is 769. The van der Waals surface area contributed by atoms with Crippen LogP contribution in [-0.2, 0) is 0 Å². The van der Waals surface area contributed by atoms with Crippen LogP contribution in [0.4, 0.5) is 0 Å². The van der Waals surface area contributed by atoms with Gasteiger partial charge in [-0.2, -0.15) is 0 Å². The predicted molar refractivity (Wildman–Crippen MR) is 85.8 cm³/mol. The van der Waals surface area contributed by atoms with E-state index in [4.69, 9.17) is 4.74 Å². The van der Waals surface area contributed by atoms with Crippen molar-refractivity contribution in [3.63, 3.8) is 0 Å². The van der Waals surface area contributed by atoms with Crippen LogP contribution >= 0.6 is 0 Å². The van der Waals surface area contributed by atoms with Crippen LogP contribution in [0.2, 0.25) is 0 Å². The molecule has 1 heterocycles. The molecule has 108 valence electrons. The molecule has 1 unspecified atom stereocenters. The maximum Gasteiger partial charge on any atom is 0.153 e. The lowest BCUT2D eigenvalue weighted by Crippen LogP contribution is -2.05. The fraction of sp³-hybridized carbons (Fsp3) is 0.278. The quantitative estimate of drug-likeness (QED) is 0.759. The smallest absolute Gasteiger partial charge is 0.153 e. The first-order valence-corrected chi connectivity index (χ1v) is 7.22. The van der Waals surface area contributed by atoms with Gasteiger partial charge in [0.05, 0.1) is 11.0 Å². The third-order valence-electron chi connectivity index (χ3n) is 3.55. The van der Waals surface area contributed by atoms with Gasteiger partial charge in [0.2, 0.25) is 0 Å². The first kappa shape index (κ1) is 13.7. The monoisotopic (exact) mass is 280 g/mol. The van der Waals surface area contributed by atoms with Crippen molar-refractivity contribution in [2.24, 2.45) is 0 Å². The fourth-order valence-corrected chi connectivity index (χ4v) is 2.60. The lowest BCUT2D eigenvalue weighted by Gasteiger charge is -2.13. The van der Waals surface area contributed by atoms with Gasteiger partial charge in [0.15, 0.2) is 6.10 Å². The van der Waals surface area contributed by atoms with Gasteiger partial charge in [0.1, 0.15) is 11.6 Å². The van der Waals surface area contributed by atoms with Gasteiger partial charge in [0, 0.05) is 0 Å². The van der Waals surface area contributed by atoms with Crippen molar-refractivity contribution in [1.29, 1.82) is 0 Å². The molecule has 21 heavy (non-hydrogen) atoms. The van der Waals surface area contributed by atoms with Crippen LogP contribution in [0, 0.1) is 20.8 Å². The van der Waals surface area contributed by atoms with Gasteiger partial charge in [-0.25, -0.2) is 4.98 Å². The number of imidazole rings is 1. The fourth-order valence-electron chi connectivity index (χ4n) is 2.60. The summed E-state index contributed by atoms with van der Waals surface area (Å²) in [4.78, 5) is 7.96. The van der Waals surface area contributed by atoms with E-state index >= 15 is 0 Å². The van der Waals surface area contributed by atoms with E-state index in [1.165, 1.54) is 16.7 Å². The highest BCUT2D eigenvalue weighted by atomic mass is 16.5. The molecule has 0 aliphatic rings. The van der Waals surface area contributed by atoms with E-state index in [0.29, 0.717) is 0 Å². The van der Waals surface area contributed by atoms with Crippen LogP contribution in [0.15, 0.2) is 36.4 Å². The molecule has 0 spiro atoms. The number of nitrogens with zero attached hydrogens (tertiary/aromatic N) is 1. The third kappa shape index (κ3) is 2.92. The molecule has 0 radical (unpaired) electrons. The van der Waals surface area contributed by atoms with E-state index in [9.17, 15) is 0 Å². The molecule has 0 aliphatic heterocycles. The van der Waals surface area contributed by atoms with Gasteiger partial charge in [-0.3, -0.25) is 0 Å². The molecule has 0 saturated heterocycles. The Morgan fingerprint density at radius 2 is 1.67 bits per heavy atom. The minimum absolute atomic E-state index is 0.112. The molecule has 0 aliphatic carbocycles. The summed E-state index contributed by atoms with van der Waals surface area (Å²) >= 11 is 0. The van der Waals surface area contributed by atoms with Crippen molar-refractivity contribution in [3.8, 4) is 5.75 Å². The number of benzene rings is 2. The summed E-state index contributed by atoms with van der Waals surface area (Å²) < 4.78 is 6.03. The molecule has 0 saturated carbocycles. The van der Waals surface area contributed by atoms with E-state index in [-0.39, 0.29) is 6.10 Å². The van der Waals surface area contributed by atoms with E-state index in [1.807, 2.05) is 13.0 Å². The second-order valence-corrected chi connectivity index (χ2v) is 5.73. The Morgan fingerprint density at radius 3 is 2.38 bits per heavy atom. The summed E-state index contributed by atoms with van der Waals surface area (Å²) in [6, 6.07) is 12.5. The summed E-state index contributed by atoms with van der Waals surface area (Å²) in [5.74, 6) is 1.74. The standard InChI is InChI=1S/C18H20N2O/c1-11-5-6-16-17(10-11)20-18(19-16)14(4)21-15-8-12(2)7-13(3)9-15/h5-10,14H,1-4H3,(H,19,20). The number of fused-ring (bicyclic) bond motifs is 1. The van der Waals surface area contributed by atoms with Crippen molar-refractivity contribution >= 4 is 11.0 Å². The number of rotatable bonds is 3. The second kappa shape index (κ2) is 5.24. The van der Waals surface area contributed by atoms with Gasteiger partial charge in [0.25, 0.3) is 0 Å². The number of aryl methyl sites for hydroxylation is 3. The van der Waals surface area contributed by atoms with E-state index in [0.717, 1.165) is 22.6 Å². The SMILES string of the molecule is Cc1cc(C)cc(OC(C)c2nc3ccc(C)cc3[nH]2)c1. The van der Waals surface area contributed by atoms with E-state index in [1.54, 1.807) is 0 Å². The highest BCUT2D eigenvalue weighted by Crippen LogP contribution is 2.24. The van der Waals surface area contributed by atoms with E-state index in [2.05, 4.69) is 61.1 Å². The zero-order chi connectivity index (χ0) is 15.0. The highest BCUT2D eigenvalue weighted by Gasteiger charge is 2.13. The number of aromatic nitrogens is 2. The minimum atomic E-state index is -0.112. The van der Waals surface area contributed by atoms with Crippen molar-refractivity contribution in [3.05, 3.63) is 58.9 Å². The van der Waals surface area contributed by atoms with Gasteiger partial charge >= 0.3 is 0 Å². The van der Waals surface area contributed by atoms with Crippen LogP contribution < -0.4 is 4.74 Å². The Kier molecular flexibility index (Phi) is 3.42. The maximum absolute atomic E-state index is 6.03. The largest absolute Gasteiger partial charge is 0.483 e. The number of H-pyrrole nitrogens is 1. The number of nitrogens with one attached hydrogen (secondary N) is 1. The van der Waals surface area contributed by atoms with Gasteiger partial charge in [-0.15, -0.1) is 0 Å². The summed E-state index contributed by atoms with van der Waals surface area (Å²) in [5, 5.41) is 0. The molecule has 3 aromatic rings.